The molecular formula is C27H22N3+. The van der Waals surface area contributed by atoms with Crippen LogP contribution in [0.3, 0.4) is 0 Å². The zero-order valence-corrected chi connectivity index (χ0v) is 17.1. The minimum atomic E-state index is 0.850. The lowest BCUT2D eigenvalue weighted by Gasteiger charge is -2.12. The van der Waals surface area contributed by atoms with Crippen LogP contribution in [0.25, 0.3) is 39.1 Å². The fourth-order valence-electron chi connectivity index (χ4n) is 4.74. The van der Waals surface area contributed by atoms with Gasteiger partial charge in [0.2, 0.25) is 5.69 Å². The quantitative estimate of drug-likeness (QED) is 0.364. The summed E-state index contributed by atoms with van der Waals surface area (Å²) in [5, 5.41) is 0. The third-order valence-corrected chi connectivity index (χ3v) is 6.21. The van der Waals surface area contributed by atoms with Gasteiger partial charge in [-0.15, -0.1) is 0 Å². The molecule has 0 aliphatic carbocycles. The Labute approximate surface area is 175 Å². The first-order valence-corrected chi connectivity index (χ1v) is 10.4. The number of para-hydroxylation sites is 2. The van der Waals surface area contributed by atoms with Gasteiger partial charge >= 0.3 is 0 Å². The van der Waals surface area contributed by atoms with Gasteiger partial charge in [0.1, 0.15) is 12.9 Å². The van der Waals surface area contributed by atoms with Crippen LogP contribution in [0.15, 0.2) is 85.1 Å². The Balaban J connectivity index is 1.58. The van der Waals surface area contributed by atoms with Gasteiger partial charge in [0.25, 0.3) is 0 Å². The van der Waals surface area contributed by atoms with E-state index in [9.17, 15) is 0 Å². The summed E-state index contributed by atoms with van der Waals surface area (Å²) in [7, 11) is 2.14. The third kappa shape index (κ3) is 2.45. The first kappa shape index (κ1) is 17.2. The molecule has 1 aliphatic rings. The highest BCUT2D eigenvalue weighted by atomic mass is 15.1. The van der Waals surface area contributed by atoms with E-state index in [0.717, 1.165) is 17.8 Å². The van der Waals surface area contributed by atoms with Crippen LogP contribution in [0.1, 0.15) is 17.0 Å². The summed E-state index contributed by atoms with van der Waals surface area (Å²) in [5.41, 5.74) is 11.2. The Hall–Kier alpha value is -3.72. The van der Waals surface area contributed by atoms with Gasteiger partial charge in [-0.05, 0) is 41.8 Å². The summed E-state index contributed by atoms with van der Waals surface area (Å²) < 4.78 is 4.58. The molecule has 3 heteroatoms. The van der Waals surface area contributed by atoms with E-state index >= 15 is 0 Å². The fraction of sp³-hybridized carbons (Fsp3) is 0.111. The van der Waals surface area contributed by atoms with Gasteiger partial charge in [-0.1, -0.05) is 54.6 Å². The number of fused-ring (bicyclic) bond motifs is 5. The van der Waals surface area contributed by atoms with E-state index in [2.05, 4.69) is 108 Å². The van der Waals surface area contributed by atoms with Gasteiger partial charge in [0, 0.05) is 12.5 Å². The van der Waals surface area contributed by atoms with E-state index in [-0.39, 0.29) is 0 Å². The Morgan fingerprint density at radius 3 is 2.53 bits per heavy atom. The zero-order chi connectivity index (χ0) is 20.2. The van der Waals surface area contributed by atoms with E-state index < -0.39 is 0 Å². The van der Waals surface area contributed by atoms with Crippen LogP contribution in [0.2, 0.25) is 0 Å². The van der Waals surface area contributed by atoms with Crippen LogP contribution in [0.4, 0.5) is 0 Å². The van der Waals surface area contributed by atoms with Gasteiger partial charge in [0.05, 0.1) is 27.8 Å². The predicted octanol–water partition coefficient (Wildman–Crippen LogP) is 5.40. The molecule has 144 valence electrons. The standard InChI is InChI=1S/C27H22N3/c1-18-12-13-20(19-8-4-3-5-9-19)16-21(18)27-22-17-26-28-23-10-6-7-11-25(23)30(26)24(22)14-15-29(27)2/h3-16H,17H2,1-2H3/q+1. The summed E-state index contributed by atoms with van der Waals surface area (Å²) in [5.74, 6) is 1.12. The first-order valence-electron chi connectivity index (χ1n) is 10.4. The molecular weight excluding hydrogens is 366 g/mol. The molecule has 1 aliphatic heterocycles. The lowest BCUT2D eigenvalue weighted by molar-refractivity contribution is -0.660. The van der Waals surface area contributed by atoms with E-state index in [0.29, 0.717) is 0 Å². The second-order valence-corrected chi connectivity index (χ2v) is 8.06. The molecule has 0 saturated carbocycles. The Bertz CT molecular complexity index is 1430. The number of nitrogens with zero attached hydrogens (tertiary/aromatic N) is 3. The van der Waals surface area contributed by atoms with Crippen molar-refractivity contribution in [2.24, 2.45) is 7.05 Å². The number of hydrogen-bond acceptors (Lipinski definition) is 1. The molecule has 6 rings (SSSR count). The Morgan fingerprint density at radius 1 is 0.867 bits per heavy atom. The smallest absolute Gasteiger partial charge is 0.218 e. The van der Waals surface area contributed by atoms with Gasteiger partial charge in [-0.3, -0.25) is 4.57 Å². The lowest BCUT2D eigenvalue weighted by atomic mass is 9.94. The molecule has 0 saturated heterocycles. The normalized spacial score (nSPS) is 12.2. The van der Waals surface area contributed by atoms with Crippen LogP contribution >= 0.6 is 0 Å². The van der Waals surface area contributed by atoms with Crippen molar-refractivity contribution in [1.29, 1.82) is 0 Å². The van der Waals surface area contributed by atoms with E-state index in [1.54, 1.807) is 0 Å². The molecule has 5 aromatic rings. The largest absolute Gasteiger partial charge is 0.295 e. The minimum absolute atomic E-state index is 0.850. The molecule has 0 spiro atoms. The van der Waals surface area contributed by atoms with Gasteiger partial charge in [0.15, 0.2) is 6.20 Å². The maximum atomic E-state index is 4.91. The molecule has 0 radical (unpaired) electrons. The summed E-state index contributed by atoms with van der Waals surface area (Å²) in [4.78, 5) is 4.91. The molecule has 0 fully saturated rings. The third-order valence-electron chi connectivity index (χ3n) is 6.21. The van der Waals surface area contributed by atoms with Crippen molar-refractivity contribution in [2.45, 2.75) is 13.3 Å². The molecule has 3 heterocycles. The van der Waals surface area contributed by atoms with Gasteiger partial charge in [-0.25, -0.2) is 9.55 Å². The second-order valence-electron chi connectivity index (χ2n) is 8.06. The number of hydrogen-bond donors (Lipinski definition) is 0. The number of pyridine rings is 1. The van der Waals surface area contributed by atoms with Crippen LogP contribution in [0, 0.1) is 6.92 Å². The Morgan fingerprint density at radius 2 is 1.67 bits per heavy atom. The molecule has 3 nitrogen and oxygen atoms in total. The van der Waals surface area contributed by atoms with Crippen LogP contribution in [-0.4, -0.2) is 9.55 Å². The zero-order valence-electron chi connectivity index (χ0n) is 17.1. The van der Waals surface area contributed by atoms with E-state index in [1.807, 2.05) is 0 Å². The number of benzene rings is 3. The van der Waals surface area contributed by atoms with E-state index in [4.69, 9.17) is 4.98 Å². The molecule has 2 aromatic heterocycles. The minimum Gasteiger partial charge on any atom is -0.295 e. The molecule has 0 bridgehead atoms. The van der Waals surface area contributed by atoms with Crippen molar-refractivity contribution in [3.05, 3.63) is 102 Å². The second kappa shape index (κ2) is 6.39. The molecule has 0 amide bonds. The number of imidazole rings is 1. The molecule has 0 atom stereocenters. The summed E-state index contributed by atoms with van der Waals surface area (Å²) >= 11 is 0. The topological polar surface area (TPSA) is 21.7 Å². The van der Waals surface area contributed by atoms with Crippen LogP contribution in [-0.2, 0) is 13.5 Å². The maximum Gasteiger partial charge on any atom is 0.218 e. The molecule has 0 unspecified atom stereocenters. The van der Waals surface area contributed by atoms with Crippen molar-refractivity contribution in [3.63, 3.8) is 0 Å². The predicted molar refractivity (Wildman–Crippen MR) is 121 cm³/mol. The summed E-state index contributed by atoms with van der Waals surface area (Å²) in [6.07, 6.45) is 3.02. The summed E-state index contributed by atoms with van der Waals surface area (Å²) in [6, 6.07) is 28.0. The first-order chi connectivity index (χ1) is 14.7. The maximum absolute atomic E-state index is 4.91. The highest BCUT2D eigenvalue weighted by Gasteiger charge is 2.30. The van der Waals surface area contributed by atoms with E-state index in [1.165, 1.54) is 44.7 Å². The van der Waals surface area contributed by atoms with Gasteiger partial charge in [-0.2, -0.15) is 0 Å². The monoisotopic (exact) mass is 388 g/mol. The Kier molecular flexibility index (Phi) is 3.66. The van der Waals surface area contributed by atoms with Crippen molar-refractivity contribution in [1.82, 2.24) is 9.55 Å². The van der Waals surface area contributed by atoms with Crippen LogP contribution < -0.4 is 4.57 Å². The van der Waals surface area contributed by atoms with Crippen molar-refractivity contribution in [3.8, 4) is 28.1 Å². The number of aryl methyl sites for hydroxylation is 2. The van der Waals surface area contributed by atoms with Crippen molar-refractivity contribution < 1.29 is 4.57 Å². The highest BCUT2D eigenvalue weighted by molar-refractivity contribution is 5.82. The molecule has 30 heavy (non-hydrogen) atoms. The molecule has 3 aromatic carbocycles. The number of rotatable bonds is 2. The van der Waals surface area contributed by atoms with Crippen LogP contribution in [0.5, 0.6) is 0 Å². The SMILES string of the molecule is Cc1ccc(-c2ccccc2)cc1-c1c2c(cc[n+]1C)-n1c(nc3ccccc31)C2. The fourth-order valence-corrected chi connectivity index (χ4v) is 4.74. The van der Waals surface area contributed by atoms with Crippen molar-refractivity contribution >= 4 is 11.0 Å². The summed E-state index contributed by atoms with van der Waals surface area (Å²) in [6.45, 7) is 2.20. The molecule has 0 N–H and O–H groups in total. The lowest BCUT2D eigenvalue weighted by Crippen LogP contribution is -2.32. The van der Waals surface area contributed by atoms with Gasteiger partial charge < -0.3 is 0 Å². The van der Waals surface area contributed by atoms with Crippen molar-refractivity contribution in [2.75, 3.05) is 0 Å². The average molecular weight is 388 g/mol. The highest BCUT2D eigenvalue weighted by Crippen LogP contribution is 2.38. The number of aromatic nitrogens is 3. The average Bonchev–Trinajstić information content (AvgIpc) is 3.31.